The monoisotopic (exact) mass is 310 g/mol. The van der Waals surface area contributed by atoms with Gasteiger partial charge >= 0.3 is 0 Å². The van der Waals surface area contributed by atoms with Crippen LogP contribution < -0.4 is 10.1 Å². The lowest BCUT2D eigenvalue weighted by Gasteiger charge is -2.19. The van der Waals surface area contributed by atoms with E-state index in [4.69, 9.17) is 4.74 Å². The van der Waals surface area contributed by atoms with Crippen LogP contribution in [0.5, 0.6) is 5.75 Å². The zero-order chi connectivity index (χ0) is 15.2. The molecule has 0 amide bonds. The Hall–Kier alpha value is -1.51. The van der Waals surface area contributed by atoms with Crippen LogP contribution >= 0.6 is 11.5 Å². The smallest absolute Gasteiger partial charge is 0.161 e. The Morgan fingerprint density at radius 2 is 2.29 bits per heavy atom. The molecule has 0 aliphatic rings. The average molecular weight is 310 g/mol. The number of hydrogen-bond donors (Lipinski definition) is 1. The number of likely N-dealkylation sites (N-methyl/N-ethyl adjacent to an activating group) is 1. The summed E-state index contributed by atoms with van der Waals surface area (Å²) < 4.78 is 11.4. The molecular weight excluding hydrogens is 288 g/mol. The average Bonchev–Trinajstić information content (AvgIpc) is 3.11. The van der Waals surface area contributed by atoms with Gasteiger partial charge < -0.3 is 15.0 Å². The van der Waals surface area contributed by atoms with Gasteiger partial charge in [-0.2, -0.15) is 5.10 Å². The standard InChI is InChI=1S/C13H22N6OS/c1-5-14-12(10-9-21-17-16-10)13-11(20-4)8-15-19(13)7-6-18(2)3/h8-9,12,14H,5-7H2,1-4H3. The second kappa shape index (κ2) is 7.48. The van der Waals surface area contributed by atoms with E-state index in [0.717, 1.165) is 36.8 Å². The number of nitrogens with zero attached hydrogens (tertiary/aromatic N) is 5. The van der Waals surface area contributed by atoms with Crippen LogP contribution in [-0.2, 0) is 6.54 Å². The van der Waals surface area contributed by atoms with Crippen molar-refractivity contribution < 1.29 is 4.74 Å². The number of aromatic nitrogens is 4. The summed E-state index contributed by atoms with van der Waals surface area (Å²) >= 11 is 1.35. The van der Waals surface area contributed by atoms with Crippen molar-refractivity contribution >= 4 is 11.5 Å². The summed E-state index contributed by atoms with van der Waals surface area (Å²) in [6, 6.07) is -0.0617. The molecule has 0 fully saturated rings. The maximum absolute atomic E-state index is 5.48. The summed E-state index contributed by atoms with van der Waals surface area (Å²) in [7, 11) is 5.76. The molecule has 0 bridgehead atoms. The second-order valence-corrected chi connectivity index (χ2v) is 5.55. The van der Waals surface area contributed by atoms with E-state index in [1.54, 1.807) is 13.3 Å². The number of hydrogen-bond acceptors (Lipinski definition) is 7. The van der Waals surface area contributed by atoms with Crippen molar-refractivity contribution in [2.75, 3.05) is 34.3 Å². The van der Waals surface area contributed by atoms with Gasteiger partial charge in [-0.15, -0.1) is 5.10 Å². The fourth-order valence-electron chi connectivity index (χ4n) is 2.14. The molecular formula is C13H22N6OS. The Morgan fingerprint density at radius 3 is 2.86 bits per heavy atom. The van der Waals surface area contributed by atoms with Crippen LogP contribution in [0.25, 0.3) is 0 Å². The molecule has 1 atom stereocenters. The molecule has 0 aliphatic carbocycles. The number of methoxy groups -OCH3 is 1. The molecule has 2 rings (SSSR count). The predicted molar refractivity (Wildman–Crippen MR) is 82.8 cm³/mol. The molecule has 8 heteroatoms. The molecule has 0 aromatic carbocycles. The summed E-state index contributed by atoms with van der Waals surface area (Å²) in [5.41, 5.74) is 1.89. The quantitative estimate of drug-likeness (QED) is 0.785. The van der Waals surface area contributed by atoms with Crippen molar-refractivity contribution in [1.29, 1.82) is 0 Å². The zero-order valence-electron chi connectivity index (χ0n) is 12.9. The van der Waals surface area contributed by atoms with E-state index in [1.165, 1.54) is 11.5 Å². The molecule has 7 nitrogen and oxygen atoms in total. The molecule has 0 saturated heterocycles. The molecule has 2 heterocycles. The van der Waals surface area contributed by atoms with Gasteiger partial charge in [-0.25, -0.2) is 0 Å². The molecule has 116 valence electrons. The molecule has 0 aliphatic heterocycles. The van der Waals surface area contributed by atoms with E-state index in [2.05, 4.69) is 31.8 Å². The highest BCUT2D eigenvalue weighted by molar-refractivity contribution is 7.03. The summed E-state index contributed by atoms with van der Waals surface area (Å²) in [4.78, 5) is 2.13. The fraction of sp³-hybridized carbons (Fsp3) is 0.615. The highest BCUT2D eigenvalue weighted by Gasteiger charge is 2.25. The minimum atomic E-state index is -0.0617. The first-order valence-electron chi connectivity index (χ1n) is 6.92. The van der Waals surface area contributed by atoms with Crippen LogP contribution in [0.3, 0.4) is 0 Å². The van der Waals surface area contributed by atoms with Gasteiger partial charge in [0.1, 0.15) is 5.69 Å². The highest BCUT2D eigenvalue weighted by atomic mass is 32.1. The Morgan fingerprint density at radius 1 is 1.48 bits per heavy atom. The summed E-state index contributed by atoms with van der Waals surface area (Å²) in [5.74, 6) is 0.771. The zero-order valence-corrected chi connectivity index (χ0v) is 13.7. The van der Waals surface area contributed by atoms with E-state index in [-0.39, 0.29) is 6.04 Å². The molecule has 1 unspecified atom stereocenters. The van der Waals surface area contributed by atoms with Gasteiger partial charge in [0, 0.05) is 11.9 Å². The Balaban J connectivity index is 2.35. The van der Waals surface area contributed by atoms with Crippen molar-refractivity contribution in [3.63, 3.8) is 0 Å². The van der Waals surface area contributed by atoms with Crippen LogP contribution in [0.1, 0.15) is 24.4 Å². The lowest BCUT2D eigenvalue weighted by atomic mass is 10.1. The number of ether oxygens (including phenoxy) is 1. The Kier molecular flexibility index (Phi) is 5.66. The van der Waals surface area contributed by atoms with Gasteiger partial charge in [-0.05, 0) is 32.2 Å². The molecule has 2 aromatic rings. The maximum atomic E-state index is 5.48. The summed E-state index contributed by atoms with van der Waals surface area (Å²) in [5, 5.41) is 14.0. The van der Waals surface area contributed by atoms with E-state index in [1.807, 2.05) is 24.2 Å². The van der Waals surface area contributed by atoms with Crippen molar-refractivity contribution in [3.05, 3.63) is 23.0 Å². The van der Waals surface area contributed by atoms with Gasteiger partial charge in [0.05, 0.1) is 31.6 Å². The fourth-order valence-corrected chi connectivity index (χ4v) is 2.62. The van der Waals surface area contributed by atoms with Gasteiger partial charge in [0.15, 0.2) is 5.75 Å². The molecule has 0 radical (unpaired) electrons. The number of rotatable bonds is 8. The first-order valence-corrected chi connectivity index (χ1v) is 7.75. The lowest BCUT2D eigenvalue weighted by molar-refractivity contribution is 0.359. The van der Waals surface area contributed by atoms with E-state index >= 15 is 0 Å². The van der Waals surface area contributed by atoms with Crippen LogP contribution in [0, 0.1) is 0 Å². The highest BCUT2D eigenvalue weighted by Crippen LogP contribution is 2.29. The molecule has 0 saturated carbocycles. The van der Waals surface area contributed by atoms with Crippen molar-refractivity contribution in [2.45, 2.75) is 19.5 Å². The van der Waals surface area contributed by atoms with Crippen molar-refractivity contribution in [1.82, 2.24) is 29.6 Å². The lowest BCUT2D eigenvalue weighted by Crippen LogP contribution is -2.27. The van der Waals surface area contributed by atoms with Gasteiger partial charge in [0.2, 0.25) is 0 Å². The minimum Gasteiger partial charge on any atom is -0.493 e. The van der Waals surface area contributed by atoms with Crippen LogP contribution in [0.2, 0.25) is 0 Å². The minimum absolute atomic E-state index is 0.0617. The second-order valence-electron chi connectivity index (χ2n) is 4.95. The third-order valence-corrected chi connectivity index (χ3v) is 3.70. The van der Waals surface area contributed by atoms with E-state index < -0.39 is 0 Å². The van der Waals surface area contributed by atoms with Crippen LogP contribution in [-0.4, -0.2) is 58.6 Å². The van der Waals surface area contributed by atoms with Gasteiger partial charge in [-0.1, -0.05) is 11.4 Å². The Bertz CT molecular complexity index is 539. The molecule has 1 N–H and O–H groups in total. The first kappa shape index (κ1) is 15.9. The normalized spacial score (nSPS) is 12.8. The molecule has 2 aromatic heterocycles. The Labute approximate surface area is 129 Å². The van der Waals surface area contributed by atoms with Crippen molar-refractivity contribution in [2.24, 2.45) is 0 Å². The van der Waals surface area contributed by atoms with E-state index in [0.29, 0.717) is 0 Å². The third-order valence-electron chi connectivity index (χ3n) is 3.18. The predicted octanol–water partition coefficient (Wildman–Crippen LogP) is 1.00. The van der Waals surface area contributed by atoms with Crippen molar-refractivity contribution in [3.8, 4) is 5.75 Å². The third kappa shape index (κ3) is 3.78. The number of nitrogens with one attached hydrogen (secondary N) is 1. The van der Waals surface area contributed by atoms with E-state index in [9.17, 15) is 0 Å². The molecule has 0 spiro atoms. The summed E-state index contributed by atoms with van der Waals surface area (Å²) in [6.07, 6.45) is 1.76. The van der Waals surface area contributed by atoms with Crippen LogP contribution in [0.4, 0.5) is 0 Å². The van der Waals surface area contributed by atoms with Gasteiger partial charge in [-0.3, -0.25) is 4.68 Å². The maximum Gasteiger partial charge on any atom is 0.161 e. The van der Waals surface area contributed by atoms with Crippen LogP contribution in [0.15, 0.2) is 11.6 Å². The summed E-state index contributed by atoms with van der Waals surface area (Å²) in [6.45, 7) is 4.60. The largest absolute Gasteiger partial charge is 0.493 e. The molecule has 21 heavy (non-hydrogen) atoms. The SMILES string of the molecule is CCNC(c1csnn1)c1c(OC)cnn1CCN(C)C. The topological polar surface area (TPSA) is 68.1 Å². The van der Waals surface area contributed by atoms with Gasteiger partial charge in [0.25, 0.3) is 0 Å². The first-order chi connectivity index (χ1) is 10.2.